The summed E-state index contributed by atoms with van der Waals surface area (Å²) in [5, 5.41) is 0. The summed E-state index contributed by atoms with van der Waals surface area (Å²) in [6, 6.07) is 0. The Hall–Kier alpha value is -3.41. The maximum Gasteiger partial charge on any atom is 0.306 e. The van der Waals surface area contributed by atoms with Gasteiger partial charge in [0.2, 0.25) is 0 Å². The molecule has 6 heteroatoms. The van der Waals surface area contributed by atoms with Crippen molar-refractivity contribution in [3.05, 3.63) is 85.1 Å². The highest BCUT2D eigenvalue weighted by Crippen LogP contribution is 2.13. The molecule has 0 aliphatic rings. The van der Waals surface area contributed by atoms with Crippen LogP contribution in [-0.4, -0.2) is 37.2 Å². The van der Waals surface area contributed by atoms with E-state index in [4.69, 9.17) is 14.2 Å². The summed E-state index contributed by atoms with van der Waals surface area (Å²) in [4.78, 5) is 37.6. The molecule has 342 valence electrons. The van der Waals surface area contributed by atoms with E-state index in [9.17, 15) is 14.4 Å². The second kappa shape index (κ2) is 48.3. The molecule has 0 fully saturated rings. The highest BCUT2D eigenvalue weighted by Gasteiger charge is 2.19. The third kappa shape index (κ3) is 45.7. The molecule has 1 unspecified atom stereocenters. The number of ether oxygens (including phenoxy) is 3. The molecule has 0 heterocycles. The quantitative estimate of drug-likeness (QED) is 0.0263. The van der Waals surface area contributed by atoms with Crippen LogP contribution in [0.5, 0.6) is 0 Å². The average molecular weight is 835 g/mol. The molecular formula is C54H90O6. The predicted molar refractivity (Wildman–Crippen MR) is 256 cm³/mol. The first-order valence-electron chi connectivity index (χ1n) is 24.6. The van der Waals surface area contributed by atoms with Gasteiger partial charge in [-0.05, 0) is 77.0 Å². The zero-order valence-electron chi connectivity index (χ0n) is 38.9. The lowest BCUT2D eigenvalue weighted by Gasteiger charge is -2.18. The van der Waals surface area contributed by atoms with Crippen molar-refractivity contribution in [1.82, 2.24) is 0 Å². The summed E-state index contributed by atoms with van der Waals surface area (Å²) in [7, 11) is 0. The van der Waals surface area contributed by atoms with E-state index in [-0.39, 0.29) is 31.1 Å². The molecular weight excluding hydrogens is 745 g/mol. The number of unbranched alkanes of at least 4 members (excludes halogenated alkanes) is 18. The van der Waals surface area contributed by atoms with Crippen LogP contribution >= 0.6 is 0 Å². The van der Waals surface area contributed by atoms with Crippen molar-refractivity contribution in [3.63, 3.8) is 0 Å². The highest BCUT2D eigenvalue weighted by atomic mass is 16.6. The minimum absolute atomic E-state index is 0.0860. The van der Waals surface area contributed by atoms with Crippen molar-refractivity contribution in [1.29, 1.82) is 0 Å². The Kier molecular flexibility index (Phi) is 45.5. The van der Waals surface area contributed by atoms with E-state index in [0.717, 1.165) is 109 Å². The third-order valence-corrected chi connectivity index (χ3v) is 10.2. The molecule has 0 amide bonds. The molecule has 1 atom stereocenters. The third-order valence-electron chi connectivity index (χ3n) is 10.2. The van der Waals surface area contributed by atoms with Gasteiger partial charge in [0.05, 0.1) is 0 Å². The molecule has 0 rings (SSSR count). The smallest absolute Gasteiger partial charge is 0.306 e. The van der Waals surface area contributed by atoms with Crippen molar-refractivity contribution in [2.24, 2.45) is 0 Å². The number of carbonyl (C=O) groups excluding carboxylic acids is 3. The Bertz CT molecular complexity index is 1190. The number of carbonyl (C=O) groups is 3. The van der Waals surface area contributed by atoms with Crippen molar-refractivity contribution in [2.45, 2.75) is 226 Å². The number of hydrogen-bond acceptors (Lipinski definition) is 6. The van der Waals surface area contributed by atoms with E-state index >= 15 is 0 Å². The van der Waals surface area contributed by atoms with Crippen LogP contribution in [0.25, 0.3) is 0 Å². The molecule has 0 aliphatic carbocycles. The van der Waals surface area contributed by atoms with Crippen molar-refractivity contribution in [2.75, 3.05) is 13.2 Å². The zero-order valence-corrected chi connectivity index (χ0v) is 38.9. The zero-order chi connectivity index (χ0) is 43.7. The first kappa shape index (κ1) is 56.6. The standard InChI is InChI=1S/C54H90O6/c1-4-7-10-13-16-18-20-21-22-23-24-25-26-27-28-29-30-31-32-33-34-36-38-41-44-47-53(56)59-50-51(49-58-52(55)46-43-40-37-15-12-9-6-3)60-54(57)48-45-42-39-35-19-17-14-11-8-5-2/h7,10,16,18,21-22,24-25,27-28,30-31,33-34,51H,4-6,8-9,11-15,17,19-20,23,26,29,32,35-50H2,1-3H3/b10-7-,18-16-,22-21-,25-24-,28-27-,31-30-,34-33-. The summed E-state index contributed by atoms with van der Waals surface area (Å²) < 4.78 is 16.6. The van der Waals surface area contributed by atoms with Gasteiger partial charge in [-0.15, -0.1) is 0 Å². The van der Waals surface area contributed by atoms with Crippen LogP contribution in [0.4, 0.5) is 0 Å². The lowest BCUT2D eigenvalue weighted by atomic mass is 10.1. The van der Waals surface area contributed by atoms with Gasteiger partial charge in [-0.2, -0.15) is 0 Å². The van der Waals surface area contributed by atoms with Gasteiger partial charge in [-0.3, -0.25) is 14.4 Å². The Balaban J connectivity index is 4.26. The normalized spacial score (nSPS) is 12.8. The van der Waals surface area contributed by atoms with Gasteiger partial charge in [-0.1, -0.05) is 209 Å². The summed E-state index contributed by atoms with van der Waals surface area (Å²) in [6.45, 7) is 6.42. The van der Waals surface area contributed by atoms with Crippen molar-refractivity contribution in [3.8, 4) is 0 Å². The Morgan fingerprint density at radius 2 is 0.650 bits per heavy atom. The SMILES string of the molecule is CC/C=C\C/C=C\C/C=C\C/C=C\C/C=C\C/C=C\C/C=C\CCCCCC(=O)OCC(COC(=O)CCCCCCCCC)OC(=O)CCCCCCCCCCCC. The molecule has 0 aromatic heterocycles. The fourth-order valence-corrected chi connectivity index (χ4v) is 6.48. The summed E-state index contributed by atoms with van der Waals surface area (Å²) >= 11 is 0. The maximum absolute atomic E-state index is 12.7. The second-order valence-corrected chi connectivity index (χ2v) is 16.0. The monoisotopic (exact) mass is 835 g/mol. The summed E-state index contributed by atoms with van der Waals surface area (Å²) in [5.41, 5.74) is 0. The van der Waals surface area contributed by atoms with Crippen LogP contribution in [0.3, 0.4) is 0 Å². The Morgan fingerprint density at radius 1 is 0.350 bits per heavy atom. The minimum atomic E-state index is -0.783. The maximum atomic E-state index is 12.7. The predicted octanol–water partition coefficient (Wildman–Crippen LogP) is 16.0. The fourth-order valence-electron chi connectivity index (χ4n) is 6.48. The number of esters is 3. The van der Waals surface area contributed by atoms with Gasteiger partial charge in [-0.25, -0.2) is 0 Å². The van der Waals surface area contributed by atoms with Gasteiger partial charge >= 0.3 is 17.9 Å². The minimum Gasteiger partial charge on any atom is -0.462 e. The highest BCUT2D eigenvalue weighted by molar-refractivity contribution is 5.71. The topological polar surface area (TPSA) is 78.9 Å². The molecule has 6 nitrogen and oxygen atoms in total. The van der Waals surface area contributed by atoms with Crippen LogP contribution in [0.15, 0.2) is 85.1 Å². The van der Waals surface area contributed by atoms with Crippen molar-refractivity contribution < 1.29 is 28.6 Å². The average Bonchev–Trinajstić information content (AvgIpc) is 3.24. The fraction of sp³-hybridized carbons (Fsp3) is 0.685. The molecule has 0 bridgehead atoms. The van der Waals surface area contributed by atoms with Crippen LogP contribution in [0.1, 0.15) is 220 Å². The first-order chi connectivity index (χ1) is 29.5. The molecule has 0 spiro atoms. The summed E-state index contributed by atoms with van der Waals surface area (Å²) in [5.74, 6) is -0.932. The molecule has 0 aliphatic heterocycles. The van der Waals surface area contributed by atoms with E-state index < -0.39 is 6.10 Å². The van der Waals surface area contributed by atoms with E-state index in [0.29, 0.717) is 19.3 Å². The summed E-state index contributed by atoms with van der Waals surface area (Å²) in [6.07, 6.45) is 61.6. The number of rotatable bonds is 43. The lowest BCUT2D eigenvalue weighted by Crippen LogP contribution is -2.30. The van der Waals surface area contributed by atoms with Crippen LogP contribution < -0.4 is 0 Å². The van der Waals surface area contributed by atoms with Crippen LogP contribution in [-0.2, 0) is 28.6 Å². The Labute approximate surface area is 369 Å². The molecule has 0 saturated heterocycles. The molecule has 60 heavy (non-hydrogen) atoms. The van der Waals surface area contributed by atoms with Gasteiger partial charge in [0.25, 0.3) is 0 Å². The number of hydrogen-bond donors (Lipinski definition) is 0. The second-order valence-electron chi connectivity index (χ2n) is 16.0. The van der Waals surface area contributed by atoms with Gasteiger partial charge in [0.15, 0.2) is 6.10 Å². The molecule has 0 aromatic carbocycles. The van der Waals surface area contributed by atoms with E-state index in [1.807, 2.05) is 0 Å². The Morgan fingerprint density at radius 3 is 1.02 bits per heavy atom. The molecule has 0 saturated carbocycles. The molecule has 0 aromatic rings. The van der Waals surface area contributed by atoms with Crippen LogP contribution in [0, 0.1) is 0 Å². The largest absolute Gasteiger partial charge is 0.462 e. The molecule has 0 radical (unpaired) electrons. The van der Waals surface area contributed by atoms with Crippen molar-refractivity contribution >= 4 is 17.9 Å². The van der Waals surface area contributed by atoms with Gasteiger partial charge in [0, 0.05) is 19.3 Å². The first-order valence-corrected chi connectivity index (χ1v) is 24.6. The van der Waals surface area contributed by atoms with Gasteiger partial charge < -0.3 is 14.2 Å². The van der Waals surface area contributed by atoms with E-state index in [1.165, 1.54) is 70.6 Å². The lowest BCUT2D eigenvalue weighted by molar-refractivity contribution is -0.167. The van der Waals surface area contributed by atoms with E-state index in [2.05, 4.69) is 106 Å². The molecule has 0 N–H and O–H groups in total. The van der Waals surface area contributed by atoms with E-state index in [1.54, 1.807) is 0 Å². The van der Waals surface area contributed by atoms with Gasteiger partial charge in [0.1, 0.15) is 13.2 Å². The van der Waals surface area contributed by atoms with Crippen LogP contribution in [0.2, 0.25) is 0 Å². The number of allylic oxidation sites excluding steroid dienone is 14.